The SMILES string of the molecule is CN(Cc1ncc[nH]1)C(=O)c1ccc(Cl)c(Br)c1. The smallest absolute Gasteiger partial charge is 0.254 e. The van der Waals surface area contributed by atoms with Gasteiger partial charge in [0, 0.05) is 29.5 Å². The Kier molecular flexibility index (Phi) is 4.04. The van der Waals surface area contributed by atoms with Crippen LogP contribution in [0.1, 0.15) is 16.2 Å². The van der Waals surface area contributed by atoms with Crippen LogP contribution in [0.25, 0.3) is 0 Å². The van der Waals surface area contributed by atoms with Crippen LogP contribution in [0.3, 0.4) is 0 Å². The first-order valence-corrected chi connectivity index (χ1v) is 6.44. The zero-order chi connectivity index (χ0) is 13.1. The largest absolute Gasteiger partial charge is 0.347 e. The van der Waals surface area contributed by atoms with Gasteiger partial charge in [0.25, 0.3) is 5.91 Å². The number of nitrogens with one attached hydrogen (secondary N) is 1. The summed E-state index contributed by atoms with van der Waals surface area (Å²) in [6.07, 6.45) is 3.39. The molecule has 1 aromatic heterocycles. The van der Waals surface area contributed by atoms with E-state index in [1.54, 1.807) is 42.5 Å². The summed E-state index contributed by atoms with van der Waals surface area (Å²) in [6.45, 7) is 0.437. The van der Waals surface area contributed by atoms with Gasteiger partial charge in [-0.3, -0.25) is 4.79 Å². The van der Waals surface area contributed by atoms with Gasteiger partial charge in [-0.2, -0.15) is 0 Å². The minimum Gasteiger partial charge on any atom is -0.347 e. The highest BCUT2D eigenvalue weighted by molar-refractivity contribution is 9.10. The number of hydrogen-bond acceptors (Lipinski definition) is 2. The highest BCUT2D eigenvalue weighted by Crippen LogP contribution is 2.23. The van der Waals surface area contributed by atoms with Crippen molar-refractivity contribution in [2.45, 2.75) is 6.54 Å². The van der Waals surface area contributed by atoms with Crippen molar-refractivity contribution in [3.05, 3.63) is 51.5 Å². The first-order chi connectivity index (χ1) is 8.58. The van der Waals surface area contributed by atoms with Crippen molar-refractivity contribution in [2.24, 2.45) is 0 Å². The van der Waals surface area contributed by atoms with Crippen LogP contribution in [0.5, 0.6) is 0 Å². The molecule has 0 bridgehead atoms. The van der Waals surface area contributed by atoms with Gasteiger partial charge in [-0.25, -0.2) is 4.98 Å². The average molecular weight is 329 g/mol. The topological polar surface area (TPSA) is 49.0 Å². The number of aromatic nitrogens is 2. The molecule has 0 atom stereocenters. The normalized spacial score (nSPS) is 10.4. The number of carbonyl (C=O) groups excluding carboxylic acids is 1. The quantitative estimate of drug-likeness (QED) is 0.941. The van der Waals surface area contributed by atoms with Gasteiger partial charge in [0.2, 0.25) is 0 Å². The van der Waals surface area contributed by atoms with Crippen LogP contribution in [0, 0.1) is 0 Å². The van der Waals surface area contributed by atoms with Crippen molar-refractivity contribution >= 4 is 33.4 Å². The lowest BCUT2D eigenvalue weighted by atomic mass is 10.2. The Morgan fingerprint density at radius 2 is 2.33 bits per heavy atom. The Balaban J connectivity index is 2.12. The molecule has 0 fully saturated rings. The number of imidazole rings is 1. The maximum atomic E-state index is 12.2. The molecule has 2 aromatic rings. The van der Waals surface area contributed by atoms with Crippen molar-refractivity contribution < 1.29 is 4.79 Å². The molecule has 0 saturated carbocycles. The lowest BCUT2D eigenvalue weighted by Gasteiger charge is -2.16. The molecule has 0 unspecified atom stereocenters. The Bertz CT molecular complexity index is 556. The maximum absolute atomic E-state index is 12.2. The summed E-state index contributed by atoms with van der Waals surface area (Å²) in [5.74, 6) is 0.669. The van der Waals surface area contributed by atoms with Gasteiger partial charge in [0.15, 0.2) is 0 Å². The second-order valence-corrected chi connectivity index (χ2v) is 5.09. The standard InChI is InChI=1S/C12H11BrClN3O/c1-17(7-11-15-4-5-16-11)12(18)8-2-3-10(14)9(13)6-8/h2-6H,7H2,1H3,(H,15,16). The van der Waals surface area contributed by atoms with E-state index in [4.69, 9.17) is 11.6 Å². The minimum atomic E-state index is -0.0798. The molecule has 1 heterocycles. The van der Waals surface area contributed by atoms with E-state index in [1.807, 2.05) is 0 Å². The minimum absolute atomic E-state index is 0.0798. The van der Waals surface area contributed by atoms with Crippen LogP contribution in [0.15, 0.2) is 35.1 Å². The molecule has 0 radical (unpaired) electrons. The molecule has 0 aliphatic carbocycles. The Hall–Kier alpha value is -1.33. The zero-order valence-electron chi connectivity index (χ0n) is 9.65. The molecular formula is C12H11BrClN3O. The Morgan fingerprint density at radius 1 is 1.56 bits per heavy atom. The number of carbonyl (C=O) groups is 1. The second kappa shape index (κ2) is 5.54. The number of rotatable bonds is 3. The number of H-pyrrole nitrogens is 1. The molecule has 18 heavy (non-hydrogen) atoms. The number of amides is 1. The fourth-order valence-corrected chi connectivity index (χ4v) is 2.03. The van der Waals surface area contributed by atoms with Gasteiger partial charge in [-0.1, -0.05) is 11.6 Å². The molecule has 0 spiro atoms. The van der Waals surface area contributed by atoms with Crippen LogP contribution in [-0.4, -0.2) is 27.8 Å². The maximum Gasteiger partial charge on any atom is 0.254 e. The fraction of sp³-hybridized carbons (Fsp3) is 0.167. The van der Waals surface area contributed by atoms with Crippen molar-refractivity contribution in [1.82, 2.24) is 14.9 Å². The van der Waals surface area contributed by atoms with Crippen LogP contribution in [0.2, 0.25) is 5.02 Å². The number of halogens is 2. The highest BCUT2D eigenvalue weighted by Gasteiger charge is 2.13. The van der Waals surface area contributed by atoms with E-state index in [1.165, 1.54) is 0 Å². The van der Waals surface area contributed by atoms with Gasteiger partial charge >= 0.3 is 0 Å². The first-order valence-electron chi connectivity index (χ1n) is 5.26. The third-order valence-corrected chi connectivity index (χ3v) is 3.67. The van der Waals surface area contributed by atoms with Crippen molar-refractivity contribution in [1.29, 1.82) is 0 Å². The van der Waals surface area contributed by atoms with E-state index >= 15 is 0 Å². The van der Waals surface area contributed by atoms with Gasteiger partial charge in [-0.05, 0) is 34.1 Å². The zero-order valence-corrected chi connectivity index (χ0v) is 12.0. The van der Waals surface area contributed by atoms with Crippen molar-refractivity contribution in [3.63, 3.8) is 0 Å². The van der Waals surface area contributed by atoms with Crippen LogP contribution in [0.4, 0.5) is 0 Å². The average Bonchev–Trinajstić information content (AvgIpc) is 2.84. The summed E-state index contributed by atoms with van der Waals surface area (Å²) < 4.78 is 0.710. The molecule has 0 aliphatic rings. The fourth-order valence-electron chi connectivity index (χ4n) is 1.53. The van der Waals surface area contributed by atoms with E-state index in [0.29, 0.717) is 21.6 Å². The van der Waals surface area contributed by atoms with E-state index in [-0.39, 0.29) is 5.91 Å². The van der Waals surface area contributed by atoms with Crippen LogP contribution < -0.4 is 0 Å². The number of aromatic amines is 1. The number of hydrogen-bond donors (Lipinski definition) is 1. The predicted molar refractivity (Wildman–Crippen MR) is 73.5 cm³/mol. The molecule has 6 heteroatoms. The molecule has 4 nitrogen and oxygen atoms in total. The van der Waals surface area contributed by atoms with E-state index < -0.39 is 0 Å². The van der Waals surface area contributed by atoms with Crippen LogP contribution >= 0.6 is 27.5 Å². The summed E-state index contributed by atoms with van der Waals surface area (Å²) in [7, 11) is 1.73. The summed E-state index contributed by atoms with van der Waals surface area (Å²) in [5, 5.41) is 0.584. The molecule has 94 valence electrons. The molecule has 0 saturated heterocycles. The number of nitrogens with zero attached hydrogens (tertiary/aromatic N) is 2. The van der Waals surface area contributed by atoms with E-state index in [2.05, 4.69) is 25.9 Å². The van der Waals surface area contributed by atoms with E-state index in [0.717, 1.165) is 5.82 Å². The van der Waals surface area contributed by atoms with Gasteiger partial charge in [-0.15, -0.1) is 0 Å². The molecule has 1 aromatic carbocycles. The molecule has 1 N–H and O–H groups in total. The first kappa shape index (κ1) is 13.1. The Morgan fingerprint density at radius 3 is 2.94 bits per heavy atom. The van der Waals surface area contributed by atoms with Gasteiger partial charge in [0.05, 0.1) is 11.6 Å². The monoisotopic (exact) mass is 327 g/mol. The summed E-state index contributed by atoms with van der Waals surface area (Å²) >= 11 is 9.20. The lowest BCUT2D eigenvalue weighted by Crippen LogP contribution is -2.26. The van der Waals surface area contributed by atoms with Crippen LogP contribution in [-0.2, 0) is 6.54 Å². The summed E-state index contributed by atoms with van der Waals surface area (Å²) in [4.78, 5) is 20.8. The summed E-state index contributed by atoms with van der Waals surface area (Å²) in [5.41, 5.74) is 0.584. The molecule has 2 rings (SSSR count). The third kappa shape index (κ3) is 2.91. The number of benzene rings is 1. The van der Waals surface area contributed by atoms with Gasteiger partial charge < -0.3 is 9.88 Å². The second-order valence-electron chi connectivity index (χ2n) is 3.83. The predicted octanol–water partition coefficient (Wildman–Crippen LogP) is 3.10. The third-order valence-electron chi connectivity index (χ3n) is 2.46. The highest BCUT2D eigenvalue weighted by atomic mass is 79.9. The van der Waals surface area contributed by atoms with E-state index in [9.17, 15) is 4.79 Å². The molecule has 0 aliphatic heterocycles. The van der Waals surface area contributed by atoms with Gasteiger partial charge in [0.1, 0.15) is 5.82 Å². The summed E-state index contributed by atoms with van der Waals surface area (Å²) in [6, 6.07) is 5.11. The van der Waals surface area contributed by atoms with Crippen molar-refractivity contribution in [3.8, 4) is 0 Å². The lowest BCUT2D eigenvalue weighted by molar-refractivity contribution is 0.0782. The molecular weight excluding hydrogens is 318 g/mol. The van der Waals surface area contributed by atoms with Crippen molar-refractivity contribution in [2.75, 3.05) is 7.05 Å². The Labute approximate surface area is 118 Å². The molecule has 1 amide bonds.